The average Bonchev–Trinajstić information content (AvgIpc) is 2.45. The van der Waals surface area contributed by atoms with Crippen LogP contribution < -0.4 is 0 Å². The molecule has 0 aliphatic carbocycles. The van der Waals surface area contributed by atoms with Crippen molar-refractivity contribution in [3.63, 3.8) is 0 Å². The first-order chi connectivity index (χ1) is 10.0. The predicted molar refractivity (Wildman–Crippen MR) is 81.5 cm³/mol. The van der Waals surface area contributed by atoms with Crippen LogP contribution in [0.15, 0.2) is 54.0 Å². The Kier molecular flexibility index (Phi) is 7.09. The van der Waals surface area contributed by atoms with Crippen LogP contribution in [0.5, 0.6) is 0 Å². The Labute approximate surface area is 125 Å². The number of hydrogen-bond donors (Lipinski definition) is 1. The molecule has 0 saturated heterocycles. The van der Waals surface area contributed by atoms with E-state index in [1.165, 1.54) is 0 Å². The Morgan fingerprint density at radius 2 is 1.95 bits per heavy atom. The van der Waals surface area contributed by atoms with E-state index in [4.69, 9.17) is 14.6 Å². The molecule has 1 N–H and O–H groups in total. The number of benzene rings is 1. The van der Waals surface area contributed by atoms with Crippen LogP contribution in [0.4, 0.5) is 0 Å². The highest BCUT2D eigenvalue weighted by atomic mass is 16.5. The summed E-state index contributed by atoms with van der Waals surface area (Å²) in [4.78, 5) is 10.6. The van der Waals surface area contributed by atoms with Gasteiger partial charge in [-0.3, -0.25) is 4.79 Å². The second-order valence-corrected chi connectivity index (χ2v) is 4.86. The lowest BCUT2D eigenvalue weighted by molar-refractivity contribution is -0.136. The standard InChI is InChI=1S/C17H22O4/c1-13(2)17(20-3)15(10-7-11-16(18)19)21-12-14-8-5-4-6-9-14/h4-10,13H,11-12H2,1-3H3,(H,18,19)/b10-7-,17-15-. The lowest BCUT2D eigenvalue weighted by Crippen LogP contribution is -2.04. The van der Waals surface area contributed by atoms with E-state index in [0.29, 0.717) is 18.1 Å². The van der Waals surface area contributed by atoms with Crippen LogP contribution in [0.1, 0.15) is 25.8 Å². The van der Waals surface area contributed by atoms with Crippen molar-refractivity contribution in [3.05, 3.63) is 59.6 Å². The maximum atomic E-state index is 10.6. The number of carboxylic acids is 1. The van der Waals surface area contributed by atoms with Gasteiger partial charge in [0.2, 0.25) is 0 Å². The quantitative estimate of drug-likeness (QED) is 0.585. The average molecular weight is 290 g/mol. The van der Waals surface area contributed by atoms with Gasteiger partial charge in [0.25, 0.3) is 0 Å². The van der Waals surface area contributed by atoms with Gasteiger partial charge >= 0.3 is 5.97 Å². The van der Waals surface area contributed by atoms with E-state index >= 15 is 0 Å². The molecular formula is C17H22O4. The normalized spacial score (nSPS) is 12.4. The minimum absolute atomic E-state index is 0.0483. The molecule has 0 aliphatic rings. The molecule has 0 atom stereocenters. The zero-order valence-corrected chi connectivity index (χ0v) is 12.7. The highest BCUT2D eigenvalue weighted by Crippen LogP contribution is 2.19. The van der Waals surface area contributed by atoms with Crippen LogP contribution in [-0.2, 0) is 20.9 Å². The number of hydrogen-bond acceptors (Lipinski definition) is 3. The minimum atomic E-state index is -0.878. The number of carbonyl (C=O) groups is 1. The third-order valence-electron chi connectivity index (χ3n) is 2.79. The van der Waals surface area contributed by atoms with Crippen molar-refractivity contribution in [1.82, 2.24) is 0 Å². The fourth-order valence-electron chi connectivity index (χ4n) is 1.82. The fourth-order valence-corrected chi connectivity index (χ4v) is 1.82. The van der Waals surface area contributed by atoms with E-state index < -0.39 is 5.97 Å². The van der Waals surface area contributed by atoms with E-state index in [1.807, 2.05) is 44.2 Å². The molecule has 4 nitrogen and oxygen atoms in total. The first-order valence-electron chi connectivity index (χ1n) is 6.87. The van der Waals surface area contributed by atoms with E-state index in [-0.39, 0.29) is 12.3 Å². The molecule has 0 heterocycles. The molecule has 1 rings (SSSR count). The molecule has 0 aliphatic heterocycles. The van der Waals surface area contributed by atoms with Crippen molar-refractivity contribution in [2.45, 2.75) is 26.9 Å². The summed E-state index contributed by atoms with van der Waals surface area (Å²) in [6.45, 7) is 4.40. The molecule has 0 radical (unpaired) electrons. The summed E-state index contributed by atoms with van der Waals surface area (Å²) in [6.07, 6.45) is 3.17. The summed E-state index contributed by atoms with van der Waals surface area (Å²) >= 11 is 0. The van der Waals surface area contributed by atoms with Crippen LogP contribution in [0.25, 0.3) is 0 Å². The van der Waals surface area contributed by atoms with Crippen LogP contribution in [-0.4, -0.2) is 18.2 Å². The monoisotopic (exact) mass is 290 g/mol. The van der Waals surface area contributed by atoms with Crippen molar-refractivity contribution >= 4 is 5.97 Å². The van der Waals surface area contributed by atoms with Crippen LogP contribution in [0.3, 0.4) is 0 Å². The number of carboxylic acid groups (broad SMARTS) is 1. The van der Waals surface area contributed by atoms with Crippen LogP contribution in [0, 0.1) is 5.92 Å². The largest absolute Gasteiger partial charge is 0.497 e. The van der Waals surface area contributed by atoms with Gasteiger partial charge in [0, 0.05) is 5.92 Å². The summed E-state index contributed by atoms with van der Waals surface area (Å²) < 4.78 is 11.2. The number of ether oxygens (including phenoxy) is 2. The summed E-state index contributed by atoms with van der Waals surface area (Å²) in [5.74, 6) is 0.539. The van der Waals surface area contributed by atoms with Gasteiger partial charge in [-0.25, -0.2) is 0 Å². The Hall–Kier alpha value is -2.23. The first kappa shape index (κ1) is 16.8. The van der Waals surface area contributed by atoms with Crippen molar-refractivity contribution < 1.29 is 19.4 Å². The van der Waals surface area contributed by atoms with Crippen molar-refractivity contribution in [3.8, 4) is 0 Å². The predicted octanol–water partition coefficient (Wildman–Crippen LogP) is 3.75. The molecule has 0 unspecified atom stereocenters. The molecule has 0 amide bonds. The maximum Gasteiger partial charge on any atom is 0.307 e. The Morgan fingerprint density at radius 3 is 2.48 bits per heavy atom. The van der Waals surface area contributed by atoms with Gasteiger partial charge in [0.1, 0.15) is 12.4 Å². The number of methoxy groups -OCH3 is 1. The van der Waals surface area contributed by atoms with E-state index in [2.05, 4.69) is 0 Å². The fraction of sp³-hybridized carbons (Fsp3) is 0.353. The van der Waals surface area contributed by atoms with Gasteiger partial charge in [-0.05, 0) is 11.6 Å². The summed E-state index contributed by atoms with van der Waals surface area (Å²) in [5.41, 5.74) is 1.04. The van der Waals surface area contributed by atoms with Crippen molar-refractivity contribution in [2.75, 3.05) is 7.11 Å². The highest BCUT2D eigenvalue weighted by molar-refractivity contribution is 5.68. The van der Waals surface area contributed by atoms with E-state index in [0.717, 1.165) is 5.56 Å². The smallest absolute Gasteiger partial charge is 0.307 e. The summed E-state index contributed by atoms with van der Waals surface area (Å²) in [7, 11) is 1.59. The molecule has 0 fully saturated rings. The molecule has 0 aromatic heterocycles. The SMILES string of the molecule is CO/C(=C(/C=C\CC(=O)O)OCc1ccccc1)C(C)C. The first-order valence-corrected chi connectivity index (χ1v) is 6.87. The topological polar surface area (TPSA) is 55.8 Å². The molecular weight excluding hydrogens is 268 g/mol. The number of allylic oxidation sites excluding steroid dienone is 2. The maximum absolute atomic E-state index is 10.6. The Bertz CT molecular complexity index is 501. The second kappa shape index (κ2) is 8.84. The minimum Gasteiger partial charge on any atom is -0.497 e. The highest BCUT2D eigenvalue weighted by Gasteiger charge is 2.11. The summed E-state index contributed by atoms with van der Waals surface area (Å²) in [5, 5.41) is 8.70. The summed E-state index contributed by atoms with van der Waals surface area (Å²) in [6, 6.07) is 9.78. The van der Waals surface area contributed by atoms with Crippen LogP contribution >= 0.6 is 0 Å². The lowest BCUT2D eigenvalue weighted by atomic mass is 10.1. The third kappa shape index (κ3) is 6.17. The Balaban J connectivity index is 2.86. The van der Waals surface area contributed by atoms with Crippen molar-refractivity contribution in [2.24, 2.45) is 5.92 Å². The molecule has 0 saturated carbocycles. The van der Waals surface area contributed by atoms with E-state index in [1.54, 1.807) is 19.3 Å². The van der Waals surface area contributed by atoms with Crippen molar-refractivity contribution in [1.29, 1.82) is 0 Å². The third-order valence-corrected chi connectivity index (χ3v) is 2.79. The zero-order chi connectivity index (χ0) is 15.7. The van der Waals surface area contributed by atoms with Gasteiger partial charge in [-0.2, -0.15) is 0 Å². The number of rotatable bonds is 8. The van der Waals surface area contributed by atoms with E-state index in [9.17, 15) is 4.79 Å². The van der Waals surface area contributed by atoms with Gasteiger partial charge < -0.3 is 14.6 Å². The van der Waals surface area contributed by atoms with Gasteiger partial charge in [0.05, 0.1) is 13.5 Å². The second-order valence-electron chi connectivity index (χ2n) is 4.86. The molecule has 0 bridgehead atoms. The lowest BCUT2D eigenvalue weighted by Gasteiger charge is -2.16. The molecule has 1 aromatic rings. The zero-order valence-electron chi connectivity index (χ0n) is 12.7. The van der Waals surface area contributed by atoms with Crippen LogP contribution in [0.2, 0.25) is 0 Å². The van der Waals surface area contributed by atoms with Gasteiger partial charge in [-0.1, -0.05) is 50.3 Å². The molecule has 1 aromatic carbocycles. The molecule has 0 spiro atoms. The molecule has 21 heavy (non-hydrogen) atoms. The molecule has 4 heteroatoms. The Morgan fingerprint density at radius 1 is 1.29 bits per heavy atom. The van der Waals surface area contributed by atoms with Gasteiger partial charge in [-0.15, -0.1) is 0 Å². The number of aliphatic carboxylic acids is 1. The van der Waals surface area contributed by atoms with Gasteiger partial charge in [0.15, 0.2) is 5.76 Å². The molecule has 114 valence electrons.